The van der Waals surface area contributed by atoms with Gasteiger partial charge in [-0.25, -0.2) is 9.18 Å². The number of methoxy groups -OCH3 is 1. The van der Waals surface area contributed by atoms with Crippen LogP contribution in [0.15, 0.2) is 85.1 Å². The van der Waals surface area contributed by atoms with Crippen LogP contribution < -0.4 is 5.32 Å². The number of hydrogen-bond acceptors (Lipinski definition) is 3. The fraction of sp³-hybridized carbons (Fsp3) is 0.241. The van der Waals surface area contributed by atoms with Gasteiger partial charge < -0.3 is 24.4 Å². The van der Waals surface area contributed by atoms with E-state index in [2.05, 4.69) is 5.32 Å². The van der Waals surface area contributed by atoms with Gasteiger partial charge >= 0.3 is 6.03 Å². The molecule has 0 fully saturated rings. The summed E-state index contributed by atoms with van der Waals surface area (Å²) >= 11 is 0. The highest BCUT2D eigenvalue weighted by molar-refractivity contribution is 6.02. The molecule has 4 aromatic rings. The maximum atomic E-state index is 14.9. The highest BCUT2D eigenvalue weighted by Gasteiger charge is 2.34. The monoisotopic (exact) mass is 500 g/mol. The molecule has 0 spiro atoms. The first-order chi connectivity index (χ1) is 18.1. The second kappa shape index (κ2) is 10.8. The average Bonchev–Trinajstić information content (AvgIpc) is 3.40. The minimum absolute atomic E-state index is 0.161. The van der Waals surface area contributed by atoms with Crippen molar-refractivity contribution in [3.05, 3.63) is 102 Å². The molecule has 1 aliphatic heterocycles. The fourth-order valence-corrected chi connectivity index (χ4v) is 4.91. The van der Waals surface area contributed by atoms with Crippen molar-refractivity contribution in [1.29, 1.82) is 0 Å². The number of amides is 3. The molecule has 8 heteroatoms. The van der Waals surface area contributed by atoms with Crippen LogP contribution in [0, 0.1) is 5.82 Å². The first-order valence-electron chi connectivity index (χ1n) is 12.3. The lowest BCUT2D eigenvalue weighted by molar-refractivity contribution is -0.134. The van der Waals surface area contributed by atoms with Crippen molar-refractivity contribution in [3.8, 4) is 0 Å². The summed E-state index contributed by atoms with van der Waals surface area (Å²) in [5.74, 6) is -0.630. The molecule has 0 saturated carbocycles. The number of carbonyl (C=O) groups excluding carboxylic acids is 2. The lowest BCUT2D eigenvalue weighted by Crippen LogP contribution is -2.49. The molecule has 1 N–H and O–H groups in total. The smallest absolute Gasteiger partial charge is 0.322 e. The van der Waals surface area contributed by atoms with Crippen LogP contribution in [0.25, 0.3) is 10.8 Å². The number of nitrogens with one attached hydrogen (secondary N) is 1. The highest BCUT2D eigenvalue weighted by Crippen LogP contribution is 2.34. The zero-order valence-electron chi connectivity index (χ0n) is 20.6. The van der Waals surface area contributed by atoms with Crippen molar-refractivity contribution in [3.63, 3.8) is 0 Å². The van der Waals surface area contributed by atoms with Crippen molar-refractivity contribution in [2.24, 2.45) is 0 Å². The summed E-state index contributed by atoms with van der Waals surface area (Å²) in [4.78, 5) is 30.2. The van der Waals surface area contributed by atoms with E-state index in [1.165, 1.54) is 11.0 Å². The molecule has 0 saturated heterocycles. The van der Waals surface area contributed by atoms with Gasteiger partial charge in [-0.05, 0) is 29.7 Å². The molecule has 3 aromatic carbocycles. The third-order valence-corrected chi connectivity index (χ3v) is 6.77. The Kier molecular flexibility index (Phi) is 7.18. The molecule has 0 radical (unpaired) electrons. The van der Waals surface area contributed by atoms with Crippen molar-refractivity contribution >= 4 is 28.4 Å². The third-order valence-electron chi connectivity index (χ3n) is 6.77. The molecular weight excluding hydrogens is 471 g/mol. The molecule has 0 aliphatic carbocycles. The maximum absolute atomic E-state index is 14.9. The number of aromatic nitrogens is 1. The van der Waals surface area contributed by atoms with E-state index in [0.29, 0.717) is 24.3 Å². The Balaban J connectivity index is 1.40. The van der Waals surface area contributed by atoms with Gasteiger partial charge in [0.25, 0.3) is 0 Å². The van der Waals surface area contributed by atoms with Crippen LogP contribution in [0.2, 0.25) is 0 Å². The van der Waals surface area contributed by atoms with Gasteiger partial charge in [0.05, 0.1) is 12.3 Å². The second-order valence-corrected chi connectivity index (χ2v) is 9.01. The van der Waals surface area contributed by atoms with Crippen LogP contribution >= 0.6 is 0 Å². The zero-order chi connectivity index (χ0) is 25.8. The standard InChI is InChI=1S/C29H29FN4O3/c1-37-19-18-33(29(36)31-25-13-6-9-21-8-2-3-10-22(21)25)20-27(35)34-17-16-32-15-7-14-26(32)28(34)23-11-4-5-12-24(23)30/h2-15,28H,16-20H2,1H3,(H,31,36). The van der Waals surface area contributed by atoms with Crippen molar-refractivity contribution < 1.29 is 18.7 Å². The Labute approximate surface area is 215 Å². The number of anilines is 1. The Morgan fingerprint density at radius 3 is 2.62 bits per heavy atom. The predicted molar refractivity (Wildman–Crippen MR) is 141 cm³/mol. The van der Waals surface area contributed by atoms with Crippen LogP contribution in [0.1, 0.15) is 17.3 Å². The quantitative estimate of drug-likeness (QED) is 0.393. The molecule has 7 nitrogen and oxygen atoms in total. The van der Waals surface area contributed by atoms with E-state index < -0.39 is 12.1 Å². The number of nitrogens with zero attached hydrogens (tertiary/aromatic N) is 3. The van der Waals surface area contributed by atoms with Gasteiger partial charge in [-0.3, -0.25) is 4.79 Å². The minimum Gasteiger partial charge on any atom is -0.383 e. The lowest BCUT2D eigenvalue weighted by Gasteiger charge is -2.38. The van der Waals surface area contributed by atoms with E-state index in [1.807, 2.05) is 65.4 Å². The first-order valence-corrected chi connectivity index (χ1v) is 12.3. The molecular formula is C29H29FN4O3. The van der Waals surface area contributed by atoms with E-state index in [4.69, 9.17) is 4.74 Å². The fourth-order valence-electron chi connectivity index (χ4n) is 4.91. The normalized spacial score (nSPS) is 14.9. The van der Waals surface area contributed by atoms with Gasteiger partial charge in [-0.15, -0.1) is 0 Å². The number of rotatable bonds is 7. The number of ether oxygens (including phenoxy) is 1. The van der Waals surface area contributed by atoms with E-state index in [0.717, 1.165) is 16.5 Å². The van der Waals surface area contributed by atoms with Crippen LogP contribution in [-0.4, -0.2) is 59.7 Å². The van der Waals surface area contributed by atoms with Gasteiger partial charge in [0.15, 0.2) is 0 Å². The molecule has 2 heterocycles. The number of hydrogen-bond donors (Lipinski definition) is 1. The number of halogens is 1. The van der Waals surface area contributed by atoms with Crippen molar-refractivity contribution in [1.82, 2.24) is 14.4 Å². The summed E-state index contributed by atoms with van der Waals surface area (Å²) in [6.45, 7) is 1.34. The Morgan fingerprint density at radius 1 is 1.00 bits per heavy atom. The van der Waals surface area contributed by atoms with Crippen LogP contribution in [0.3, 0.4) is 0 Å². The SMILES string of the molecule is COCCN(CC(=O)N1CCn2cccc2C1c1ccccc1F)C(=O)Nc1cccc2ccccc12. The van der Waals surface area contributed by atoms with E-state index in [1.54, 1.807) is 30.2 Å². The summed E-state index contributed by atoms with van der Waals surface area (Å²) < 4.78 is 22.2. The van der Waals surface area contributed by atoms with Crippen LogP contribution in [0.5, 0.6) is 0 Å². The largest absolute Gasteiger partial charge is 0.383 e. The Bertz CT molecular complexity index is 1410. The summed E-state index contributed by atoms with van der Waals surface area (Å²) in [6, 6.07) is 22.8. The predicted octanol–water partition coefficient (Wildman–Crippen LogP) is 4.89. The van der Waals surface area contributed by atoms with Gasteiger partial charge in [0.1, 0.15) is 18.4 Å². The molecule has 3 amide bonds. The van der Waals surface area contributed by atoms with Gasteiger partial charge in [0, 0.05) is 49.6 Å². The second-order valence-electron chi connectivity index (χ2n) is 9.01. The minimum atomic E-state index is -0.581. The molecule has 1 aliphatic rings. The van der Waals surface area contributed by atoms with E-state index in [9.17, 15) is 14.0 Å². The number of benzene rings is 3. The first kappa shape index (κ1) is 24.5. The molecule has 1 aromatic heterocycles. The molecule has 0 bridgehead atoms. The molecule has 1 atom stereocenters. The molecule has 5 rings (SSSR count). The summed E-state index contributed by atoms with van der Waals surface area (Å²) in [5, 5.41) is 4.88. The maximum Gasteiger partial charge on any atom is 0.322 e. The summed E-state index contributed by atoms with van der Waals surface area (Å²) in [7, 11) is 1.55. The summed E-state index contributed by atoms with van der Waals surface area (Å²) in [6.07, 6.45) is 1.94. The van der Waals surface area contributed by atoms with E-state index >= 15 is 0 Å². The van der Waals surface area contributed by atoms with Gasteiger partial charge in [0.2, 0.25) is 5.91 Å². The van der Waals surface area contributed by atoms with Crippen molar-refractivity contribution in [2.75, 3.05) is 38.7 Å². The van der Waals surface area contributed by atoms with Gasteiger partial charge in [-0.2, -0.15) is 0 Å². The number of urea groups is 1. The van der Waals surface area contributed by atoms with Crippen LogP contribution in [0.4, 0.5) is 14.9 Å². The van der Waals surface area contributed by atoms with Crippen LogP contribution in [-0.2, 0) is 16.1 Å². The lowest BCUT2D eigenvalue weighted by atomic mass is 9.99. The molecule has 190 valence electrons. The average molecular weight is 501 g/mol. The van der Waals surface area contributed by atoms with Gasteiger partial charge in [-0.1, -0.05) is 54.6 Å². The number of fused-ring (bicyclic) bond motifs is 2. The summed E-state index contributed by atoms with van der Waals surface area (Å²) in [5.41, 5.74) is 1.94. The number of carbonyl (C=O) groups is 2. The zero-order valence-corrected chi connectivity index (χ0v) is 20.6. The highest BCUT2D eigenvalue weighted by atomic mass is 19.1. The third kappa shape index (κ3) is 5.06. The van der Waals surface area contributed by atoms with Crippen molar-refractivity contribution in [2.45, 2.75) is 12.6 Å². The van der Waals surface area contributed by atoms with E-state index in [-0.39, 0.29) is 31.4 Å². The Morgan fingerprint density at radius 2 is 1.78 bits per heavy atom. The molecule has 1 unspecified atom stereocenters. The topological polar surface area (TPSA) is 66.8 Å². The molecule has 37 heavy (non-hydrogen) atoms. The Hall–Kier alpha value is -4.17.